The SMILES string of the molecule is C[C@H](Cc1ccsc1)NS(=O)(=O)CC1CCOCC1. The van der Waals surface area contributed by atoms with Gasteiger partial charge in [-0.05, 0) is 54.5 Å². The quantitative estimate of drug-likeness (QED) is 0.875. The fourth-order valence-corrected chi connectivity index (χ4v) is 4.81. The van der Waals surface area contributed by atoms with Gasteiger partial charge >= 0.3 is 0 Å². The molecule has 6 heteroatoms. The molecule has 1 aliphatic heterocycles. The van der Waals surface area contributed by atoms with Crippen molar-refractivity contribution in [1.29, 1.82) is 0 Å². The second-order valence-corrected chi connectivity index (χ2v) is 7.77. The zero-order chi connectivity index (χ0) is 13.7. The topological polar surface area (TPSA) is 55.4 Å². The number of thiophene rings is 1. The average Bonchev–Trinajstić information content (AvgIpc) is 2.81. The highest BCUT2D eigenvalue weighted by molar-refractivity contribution is 7.89. The smallest absolute Gasteiger partial charge is 0.212 e. The molecule has 0 spiro atoms. The highest BCUT2D eigenvalue weighted by atomic mass is 32.2. The van der Waals surface area contributed by atoms with Crippen LogP contribution >= 0.6 is 11.3 Å². The Morgan fingerprint density at radius 1 is 1.47 bits per heavy atom. The summed E-state index contributed by atoms with van der Waals surface area (Å²) in [5.41, 5.74) is 1.19. The molecule has 1 saturated heterocycles. The molecule has 2 heterocycles. The Kier molecular flexibility index (Phi) is 5.38. The van der Waals surface area contributed by atoms with Gasteiger partial charge in [-0.15, -0.1) is 0 Å². The zero-order valence-corrected chi connectivity index (χ0v) is 12.8. The monoisotopic (exact) mass is 303 g/mol. The predicted octanol–water partition coefficient (Wildman–Crippen LogP) is 2.03. The molecule has 2 rings (SSSR count). The minimum absolute atomic E-state index is 0.0561. The van der Waals surface area contributed by atoms with Crippen LogP contribution in [0.4, 0.5) is 0 Å². The zero-order valence-electron chi connectivity index (χ0n) is 11.2. The van der Waals surface area contributed by atoms with Crippen molar-refractivity contribution >= 4 is 21.4 Å². The van der Waals surface area contributed by atoms with Crippen molar-refractivity contribution in [2.75, 3.05) is 19.0 Å². The molecule has 108 valence electrons. The number of hydrogen-bond donors (Lipinski definition) is 1. The van der Waals surface area contributed by atoms with E-state index in [1.54, 1.807) is 11.3 Å². The molecule has 1 aromatic heterocycles. The van der Waals surface area contributed by atoms with Crippen LogP contribution in [0.1, 0.15) is 25.3 Å². The Balaban J connectivity index is 1.82. The number of nitrogens with one attached hydrogen (secondary N) is 1. The van der Waals surface area contributed by atoms with Gasteiger partial charge in [0, 0.05) is 19.3 Å². The summed E-state index contributed by atoms with van der Waals surface area (Å²) in [6, 6.07) is 1.98. The first-order valence-electron chi connectivity index (χ1n) is 6.64. The molecule has 1 fully saturated rings. The Morgan fingerprint density at radius 2 is 2.21 bits per heavy atom. The summed E-state index contributed by atoms with van der Waals surface area (Å²) in [6.07, 6.45) is 2.44. The van der Waals surface area contributed by atoms with Crippen LogP contribution in [-0.4, -0.2) is 33.4 Å². The summed E-state index contributed by atoms with van der Waals surface area (Å²) in [5, 5.41) is 4.07. The van der Waals surface area contributed by atoms with Crippen LogP contribution in [0.3, 0.4) is 0 Å². The van der Waals surface area contributed by atoms with Crippen LogP contribution in [-0.2, 0) is 21.2 Å². The highest BCUT2D eigenvalue weighted by Gasteiger charge is 2.23. The van der Waals surface area contributed by atoms with Gasteiger partial charge in [0.1, 0.15) is 0 Å². The molecular weight excluding hydrogens is 282 g/mol. The molecular formula is C13H21NO3S2. The fourth-order valence-electron chi connectivity index (χ4n) is 2.38. The van der Waals surface area contributed by atoms with Crippen LogP contribution in [0.2, 0.25) is 0 Å². The Morgan fingerprint density at radius 3 is 2.84 bits per heavy atom. The van der Waals surface area contributed by atoms with Crippen LogP contribution < -0.4 is 4.72 Å². The van der Waals surface area contributed by atoms with Gasteiger partial charge in [-0.3, -0.25) is 0 Å². The number of rotatable bonds is 6. The number of ether oxygens (including phenoxy) is 1. The molecule has 0 aromatic carbocycles. The van der Waals surface area contributed by atoms with Gasteiger partial charge in [0.15, 0.2) is 0 Å². The maximum Gasteiger partial charge on any atom is 0.212 e. The van der Waals surface area contributed by atoms with Gasteiger partial charge in [0.05, 0.1) is 5.75 Å². The van der Waals surface area contributed by atoms with E-state index in [0.717, 1.165) is 19.3 Å². The van der Waals surface area contributed by atoms with E-state index in [9.17, 15) is 8.42 Å². The van der Waals surface area contributed by atoms with Gasteiger partial charge in [-0.2, -0.15) is 11.3 Å². The lowest BCUT2D eigenvalue weighted by Gasteiger charge is -2.23. The van der Waals surface area contributed by atoms with Gasteiger partial charge in [-0.25, -0.2) is 13.1 Å². The molecule has 0 saturated carbocycles. The highest BCUT2D eigenvalue weighted by Crippen LogP contribution is 2.17. The van der Waals surface area contributed by atoms with E-state index in [1.165, 1.54) is 5.56 Å². The van der Waals surface area contributed by atoms with E-state index in [4.69, 9.17) is 4.74 Å². The van der Waals surface area contributed by atoms with E-state index in [-0.39, 0.29) is 17.7 Å². The van der Waals surface area contributed by atoms with Crippen molar-refractivity contribution in [2.45, 2.75) is 32.2 Å². The van der Waals surface area contributed by atoms with Crippen molar-refractivity contribution in [2.24, 2.45) is 5.92 Å². The van der Waals surface area contributed by atoms with E-state index in [0.29, 0.717) is 13.2 Å². The second kappa shape index (κ2) is 6.83. The van der Waals surface area contributed by atoms with Gasteiger partial charge in [0.25, 0.3) is 0 Å². The van der Waals surface area contributed by atoms with E-state index in [2.05, 4.69) is 10.1 Å². The first-order chi connectivity index (χ1) is 9.05. The lowest BCUT2D eigenvalue weighted by Crippen LogP contribution is -2.38. The van der Waals surface area contributed by atoms with Crippen molar-refractivity contribution in [3.8, 4) is 0 Å². The van der Waals surface area contributed by atoms with Gasteiger partial charge in [0.2, 0.25) is 10.0 Å². The van der Waals surface area contributed by atoms with Crippen LogP contribution in [0.25, 0.3) is 0 Å². The van der Waals surface area contributed by atoms with Crippen molar-refractivity contribution in [3.05, 3.63) is 22.4 Å². The Labute approximate surface area is 119 Å². The molecule has 4 nitrogen and oxygen atoms in total. The summed E-state index contributed by atoms with van der Waals surface area (Å²) in [6.45, 7) is 3.29. The summed E-state index contributed by atoms with van der Waals surface area (Å²) < 4.78 is 32.2. The standard InChI is InChI=1S/C13H21NO3S2/c1-11(8-13-4-7-18-9-13)14-19(15,16)10-12-2-5-17-6-3-12/h4,7,9,11-12,14H,2-3,5-6,8,10H2,1H3/t11-/m1/s1. The molecule has 0 amide bonds. The van der Waals surface area contributed by atoms with Crippen molar-refractivity contribution in [1.82, 2.24) is 4.72 Å². The van der Waals surface area contributed by atoms with E-state index >= 15 is 0 Å². The normalized spacial score (nSPS) is 19.4. The molecule has 1 aliphatic rings. The fraction of sp³-hybridized carbons (Fsp3) is 0.692. The largest absolute Gasteiger partial charge is 0.381 e. The van der Waals surface area contributed by atoms with Crippen LogP contribution in [0, 0.1) is 5.92 Å². The Hall–Kier alpha value is -0.430. The summed E-state index contributed by atoms with van der Waals surface area (Å²) >= 11 is 1.64. The maximum atomic E-state index is 12.1. The van der Waals surface area contributed by atoms with Crippen molar-refractivity contribution < 1.29 is 13.2 Å². The molecule has 19 heavy (non-hydrogen) atoms. The summed E-state index contributed by atoms with van der Waals surface area (Å²) in [7, 11) is -3.19. The third-order valence-corrected chi connectivity index (χ3v) is 5.70. The molecule has 0 bridgehead atoms. The van der Waals surface area contributed by atoms with Gasteiger partial charge < -0.3 is 4.74 Å². The predicted molar refractivity (Wildman–Crippen MR) is 78.0 cm³/mol. The first kappa shape index (κ1) is 15.0. The second-order valence-electron chi connectivity index (χ2n) is 5.19. The van der Waals surface area contributed by atoms with Crippen LogP contribution in [0.15, 0.2) is 16.8 Å². The number of sulfonamides is 1. The lowest BCUT2D eigenvalue weighted by molar-refractivity contribution is 0.0723. The van der Waals surface area contributed by atoms with E-state index in [1.807, 2.05) is 18.4 Å². The third-order valence-electron chi connectivity index (χ3n) is 3.30. The molecule has 1 atom stereocenters. The molecule has 1 N–H and O–H groups in total. The minimum Gasteiger partial charge on any atom is -0.381 e. The molecule has 1 aromatic rings. The van der Waals surface area contributed by atoms with Crippen molar-refractivity contribution in [3.63, 3.8) is 0 Å². The van der Waals surface area contributed by atoms with Crippen LogP contribution in [0.5, 0.6) is 0 Å². The Bertz CT molecular complexity index is 464. The van der Waals surface area contributed by atoms with Gasteiger partial charge in [-0.1, -0.05) is 0 Å². The third kappa shape index (κ3) is 5.22. The maximum absolute atomic E-state index is 12.1. The summed E-state index contributed by atoms with van der Waals surface area (Å²) in [5.74, 6) is 0.462. The van der Waals surface area contributed by atoms with E-state index < -0.39 is 10.0 Å². The molecule has 0 aliphatic carbocycles. The summed E-state index contributed by atoms with van der Waals surface area (Å²) in [4.78, 5) is 0. The molecule has 0 unspecified atom stereocenters. The first-order valence-corrected chi connectivity index (χ1v) is 9.23. The molecule has 0 radical (unpaired) electrons. The average molecular weight is 303 g/mol. The minimum atomic E-state index is -3.19. The lowest BCUT2D eigenvalue weighted by atomic mass is 10.0. The number of hydrogen-bond acceptors (Lipinski definition) is 4.